The Bertz CT molecular complexity index is 880. The quantitative estimate of drug-likeness (QED) is 0.0561. The highest BCUT2D eigenvalue weighted by atomic mass is 28.4. The van der Waals surface area contributed by atoms with E-state index in [9.17, 15) is 74.6 Å². The fraction of sp³-hybridized carbons (Fsp3) is 1.00. The maximum atomic E-state index is 14.9. The molecule has 0 aromatic rings. The van der Waals surface area contributed by atoms with Gasteiger partial charge in [-0.05, 0) is 33.6 Å². The third kappa shape index (κ3) is 9.32. The second-order valence-electron chi connectivity index (χ2n) is 10.3. The summed E-state index contributed by atoms with van der Waals surface area (Å²) >= 11 is 0. The molecule has 3 nitrogen and oxygen atoms in total. The van der Waals surface area contributed by atoms with Crippen molar-refractivity contribution in [2.75, 3.05) is 19.8 Å². The van der Waals surface area contributed by atoms with Gasteiger partial charge in [-0.3, -0.25) is 0 Å². The van der Waals surface area contributed by atoms with Crippen molar-refractivity contribution in [1.29, 1.82) is 0 Å². The van der Waals surface area contributed by atoms with Crippen molar-refractivity contribution >= 4 is 8.80 Å². The van der Waals surface area contributed by atoms with E-state index in [4.69, 9.17) is 0 Å². The monoisotopic (exact) mass is 736 g/mol. The van der Waals surface area contributed by atoms with Gasteiger partial charge in [-0.15, -0.1) is 0 Å². The molecule has 0 aliphatic heterocycles. The predicted octanol–water partition coefficient (Wildman–Crippen LogP) is 10.9. The predicted molar refractivity (Wildman–Crippen MR) is 132 cm³/mol. The van der Waals surface area contributed by atoms with Crippen molar-refractivity contribution in [2.45, 2.75) is 139 Å². The number of hydrogen-bond acceptors (Lipinski definition) is 3. The highest BCUT2D eigenvalue weighted by Crippen LogP contribution is 2.63. The van der Waals surface area contributed by atoms with Gasteiger partial charge >= 0.3 is 56.1 Å². The molecule has 0 radical (unpaired) electrons. The lowest BCUT2D eigenvalue weighted by atomic mass is 9.89. The standard InChI is InChI=1S/C25H37F17O3Si/c1-4-43-46(44-5-2,45-6-3)25(41,42)24(39,40)23(37,38)22(35,36)21(33,34)20(31,32)18(26,27)16-14-12-10-8-7-9-11-13-15-17-19(28,29)30/h4-17H2,1-3H3. The normalized spacial score (nSPS) is 15.1. The summed E-state index contributed by atoms with van der Waals surface area (Å²) in [6.07, 6.45) is -7.61. The SMILES string of the molecule is CCO[Si](OCC)(OCC)C(F)(F)C(F)(F)C(F)(F)C(F)(F)C(F)(F)C(F)(F)C(F)(F)CCCCCCCCCCCC(F)(F)F. The second-order valence-corrected chi connectivity index (χ2v) is 12.9. The van der Waals surface area contributed by atoms with Crippen LogP contribution in [0.5, 0.6) is 0 Å². The fourth-order valence-electron chi connectivity index (χ4n) is 4.24. The Kier molecular flexibility index (Phi) is 16.1. The molecule has 278 valence electrons. The molecule has 0 saturated heterocycles. The molecule has 0 aliphatic rings. The van der Waals surface area contributed by atoms with Crippen LogP contribution in [0.25, 0.3) is 0 Å². The molecule has 0 saturated carbocycles. The lowest BCUT2D eigenvalue weighted by molar-refractivity contribution is -0.438. The lowest BCUT2D eigenvalue weighted by Gasteiger charge is -2.45. The van der Waals surface area contributed by atoms with E-state index < -0.39 is 102 Å². The van der Waals surface area contributed by atoms with E-state index in [1.54, 1.807) is 0 Å². The van der Waals surface area contributed by atoms with Gasteiger partial charge in [0.2, 0.25) is 0 Å². The average Bonchev–Trinajstić information content (AvgIpc) is 2.90. The molecule has 0 atom stereocenters. The van der Waals surface area contributed by atoms with E-state index in [0.29, 0.717) is 19.3 Å². The van der Waals surface area contributed by atoms with Crippen molar-refractivity contribution in [1.82, 2.24) is 0 Å². The molecule has 0 bridgehead atoms. The van der Waals surface area contributed by atoms with E-state index in [0.717, 1.165) is 20.8 Å². The molecular weight excluding hydrogens is 699 g/mol. The molecule has 0 amide bonds. The Morgan fingerprint density at radius 1 is 0.370 bits per heavy atom. The Labute approximate surface area is 255 Å². The smallest absolute Gasteiger partial charge is 0.370 e. The van der Waals surface area contributed by atoms with Crippen molar-refractivity contribution in [3.63, 3.8) is 0 Å². The largest absolute Gasteiger partial charge is 0.582 e. The number of alkyl halides is 17. The van der Waals surface area contributed by atoms with Gasteiger partial charge in [0.15, 0.2) is 0 Å². The molecular formula is C25H37F17O3Si. The van der Waals surface area contributed by atoms with E-state index >= 15 is 0 Å². The van der Waals surface area contributed by atoms with Crippen LogP contribution in [0.1, 0.15) is 91.4 Å². The zero-order chi connectivity index (χ0) is 36.5. The highest BCUT2D eigenvalue weighted by molar-refractivity contribution is 6.63. The first kappa shape index (κ1) is 44.9. The van der Waals surface area contributed by atoms with Crippen LogP contribution < -0.4 is 0 Å². The molecule has 0 fully saturated rings. The van der Waals surface area contributed by atoms with Crippen LogP contribution in [0.4, 0.5) is 74.6 Å². The van der Waals surface area contributed by atoms with Crippen LogP contribution in [0.3, 0.4) is 0 Å². The van der Waals surface area contributed by atoms with E-state index in [1.807, 2.05) is 0 Å². The van der Waals surface area contributed by atoms with Gasteiger partial charge < -0.3 is 13.3 Å². The number of halogens is 17. The molecule has 0 aromatic heterocycles. The van der Waals surface area contributed by atoms with Gasteiger partial charge in [0.05, 0.1) is 0 Å². The van der Waals surface area contributed by atoms with Crippen LogP contribution in [0.15, 0.2) is 0 Å². The summed E-state index contributed by atoms with van der Waals surface area (Å²) in [6, 6.07) is 0. The maximum Gasteiger partial charge on any atom is 0.582 e. The zero-order valence-electron chi connectivity index (χ0n) is 25.0. The van der Waals surface area contributed by atoms with Gasteiger partial charge in [0.1, 0.15) is 0 Å². The van der Waals surface area contributed by atoms with Crippen molar-refractivity contribution in [3.05, 3.63) is 0 Å². The minimum atomic E-state index is -8.22. The van der Waals surface area contributed by atoms with Gasteiger partial charge in [-0.1, -0.05) is 44.9 Å². The molecule has 0 spiro atoms. The Hall–Kier alpha value is -1.09. The molecule has 0 heterocycles. The van der Waals surface area contributed by atoms with Crippen molar-refractivity contribution in [2.24, 2.45) is 0 Å². The number of hydrogen-bond donors (Lipinski definition) is 0. The van der Waals surface area contributed by atoms with E-state index in [2.05, 4.69) is 13.3 Å². The molecule has 0 N–H and O–H groups in total. The summed E-state index contributed by atoms with van der Waals surface area (Å²) in [6.45, 7) is -0.679. The number of rotatable bonds is 24. The Morgan fingerprint density at radius 3 is 0.978 bits per heavy atom. The van der Waals surface area contributed by atoms with E-state index in [-0.39, 0.29) is 25.7 Å². The highest BCUT2D eigenvalue weighted by Gasteiger charge is 2.95. The van der Waals surface area contributed by atoms with Gasteiger partial charge in [-0.25, -0.2) is 0 Å². The summed E-state index contributed by atoms with van der Waals surface area (Å²) in [4.78, 5) is 0. The first-order valence-electron chi connectivity index (χ1n) is 14.3. The van der Waals surface area contributed by atoms with Crippen LogP contribution in [-0.4, -0.2) is 75.9 Å². The average molecular weight is 737 g/mol. The third-order valence-corrected chi connectivity index (χ3v) is 9.86. The second kappa shape index (κ2) is 16.5. The minimum absolute atomic E-state index is 0.0126. The van der Waals surface area contributed by atoms with Crippen molar-refractivity contribution < 1.29 is 87.9 Å². The lowest BCUT2D eigenvalue weighted by Crippen LogP contribution is -2.78. The van der Waals surface area contributed by atoms with Crippen LogP contribution in [-0.2, 0) is 13.3 Å². The molecule has 46 heavy (non-hydrogen) atoms. The summed E-state index contributed by atoms with van der Waals surface area (Å²) in [5.74, 6) is -45.7. The molecule has 0 aromatic carbocycles. The summed E-state index contributed by atoms with van der Waals surface area (Å²) in [5.41, 5.74) is -6.69. The van der Waals surface area contributed by atoms with Crippen molar-refractivity contribution in [3.8, 4) is 0 Å². The van der Waals surface area contributed by atoms with Gasteiger partial charge in [0.25, 0.3) is 0 Å². The molecule has 21 heteroatoms. The summed E-state index contributed by atoms with van der Waals surface area (Å²) < 4.78 is 251. The Balaban J connectivity index is 5.78. The maximum absolute atomic E-state index is 14.9. The molecule has 0 unspecified atom stereocenters. The third-order valence-electron chi connectivity index (χ3n) is 6.77. The van der Waals surface area contributed by atoms with Gasteiger partial charge in [-0.2, -0.15) is 74.6 Å². The van der Waals surface area contributed by atoms with Gasteiger partial charge in [0, 0.05) is 32.7 Å². The molecule has 0 aliphatic carbocycles. The number of unbranched alkanes of at least 4 members (excludes halogenated alkanes) is 8. The fourth-order valence-corrected chi connectivity index (χ4v) is 6.72. The van der Waals surface area contributed by atoms with Crippen LogP contribution in [0.2, 0.25) is 0 Å². The molecule has 0 rings (SSSR count). The van der Waals surface area contributed by atoms with E-state index in [1.165, 1.54) is 0 Å². The topological polar surface area (TPSA) is 27.7 Å². The minimum Gasteiger partial charge on any atom is -0.370 e. The zero-order valence-corrected chi connectivity index (χ0v) is 26.0. The van der Waals surface area contributed by atoms with Crippen LogP contribution >= 0.6 is 0 Å². The summed E-state index contributed by atoms with van der Waals surface area (Å²) in [5, 5.41) is 0. The first-order valence-corrected chi connectivity index (χ1v) is 16.0. The summed E-state index contributed by atoms with van der Waals surface area (Å²) in [7, 11) is -6.55. The first-order chi connectivity index (χ1) is 20.6. The van der Waals surface area contributed by atoms with Crippen LogP contribution in [0, 0.1) is 0 Å². The Morgan fingerprint density at radius 2 is 0.652 bits per heavy atom.